The van der Waals surface area contributed by atoms with Gasteiger partial charge in [0.05, 0.1) is 12.5 Å². The van der Waals surface area contributed by atoms with Gasteiger partial charge in [-0.15, -0.1) is 3.63 Å². The molecule has 0 aromatic heterocycles. The van der Waals surface area contributed by atoms with Crippen LogP contribution in [-0.2, 0) is 34.0 Å². The predicted octanol–water partition coefficient (Wildman–Crippen LogP) is -0.310. The Morgan fingerprint density at radius 2 is 1.37 bits per heavy atom. The Kier molecular flexibility index (Phi) is 4.24. The van der Waals surface area contributed by atoms with E-state index in [9.17, 15) is 25.3 Å². The third kappa shape index (κ3) is 5.14. The Hall–Kier alpha value is -1.17. The van der Waals surface area contributed by atoms with Crippen molar-refractivity contribution in [3.05, 3.63) is 24.3 Å². The van der Waals surface area contributed by atoms with Crippen molar-refractivity contribution in [3.8, 4) is 5.75 Å². The van der Waals surface area contributed by atoms with Gasteiger partial charge >= 0.3 is 20.2 Å². The maximum Gasteiger partial charge on any atom is 0.315 e. The molecule has 0 unspecified atom stereocenters. The maximum absolute atomic E-state index is 11.7. The van der Waals surface area contributed by atoms with E-state index in [1.54, 1.807) is 0 Å². The molecule has 19 heavy (non-hydrogen) atoms. The van der Waals surface area contributed by atoms with Gasteiger partial charge in [0.25, 0.3) is 10.1 Å². The lowest BCUT2D eigenvalue weighted by molar-refractivity contribution is 0.459. The van der Waals surface area contributed by atoms with E-state index in [2.05, 4.69) is 7.81 Å². The Labute approximate surface area is 111 Å². The highest BCUT2D eigenvalue weighted by atomic mass is 32.3. The lowest BCUT2D eigenvalue weighted by atomic mass is 10.3. The van der Waals surface area contributed by atoms with Gasteiger partial charge in [-0.05, 0) is 12.1 Å². The standard InChI is InChI=1S/C8H10O8S3/c1-17(9,10)15-7-5-3-4-6-8(7)19(13,14)16-18(2,11)12/h3-6H,1-2H3. The summed E-state index contributed by atoms with van der Waals surface area (Å²) in [6.45, 7) is 0. The second-order valence-corrected chi connectivity index (χ2v) is 8.34. The van der Waals surface area contributed by atoms with Crippen molar-refractivity contribution in [2.24, 2.45) is 0 Å². The quantitative estimate of drug-likeness (QED) is 0.674. The maximum atomic E-state index is 11.7. The first-order valence-corrected chi connectivity index (χ1v) is 9.59. The molecule has 1 aromatic carbocycles. The molecule has 0 heterocycles. The minimum absolute atomic E-state index is 0.546. The second kappa shape index (κ2) is 5.07. The fourth-order valence-electron chi connectivity index (χ4n) is 1.09. The zero-order valence-corrected chi connectivity index (χ0v) is 12.2. The summed E-state index contributed by atoms with van der Waals surface area (Å²) in [4.78, 5) is -0.703. The first-order chi connectivity index (χ1) is 8.41. The van der Waals surface area contributed by atoms with Gasteiger partial charge in [-0.1, -0.05) is 12.1 Å². The van der Waals surface area contributed by atoms with E-state index in [4.69, 9.17) is 0 Å². The fraction of sp³-hybridized carbons (Fsp3) is 0.250. The molecule has 0 saturated heterocycles. The van der Waals surface area contributed by atoms with Crippen molar-refractivity contribution in [1.29, 1.82) is 0 Å². The lowest BCUT2D eigenvalue weighted by Gasteiger charge is -2.08. The van der Waals surface area contributed by atoms with Crippen LogP contribution >= 0.6 is 0 Å². The van der Waals surface area contributed by atoms with Crippen molar-refractivity contribution >= 4 is 30.4 Å². The van der Waals surface area contributed by atoms with Gasteiger partial charge in [0.1, 0.15) is 4.90 Å². The number of rotatable bonds is 5. The minimum atomic E-state index is -4.70. The Balaban J connectivity index is 3.36. The normalized spacial score (nSPS) is 13.2. The third-order valence-electron chi connectivity index (χ3n) is 1.57. The number of benzene rings is 1. The average molecular weight is 330 g/mol. The van der Waals surface area contributed by atoms with Crippen LogP contribution in [0.5, 0.6) is 5.75 Å². The van der Waals surface area contributed by atoms with Crippen LogP contribution in [0.3, 0.4) is 0 Å². The van der Waals surface area contributed by atoms with Crippen LogP contribution in [0.2, 0.25) is 0 Å². The molecule has 11 heteroatoms. The Morgan fingerprint density at radius 3 is 1.84 bits per heavy atom. The molecular formula is C8H10O8S3. The smallest absolute Gasteiger partial charge is 0.315 e. The monoisotopic (exact) mass is 330 g/mol. The average Bonchev–Trinajstić information content (AvgIpc) is 2.11. The van der Waals surface area contributed by atoms with E-state index in [-0.39, 0.29) is 0 Å². The summed E-state index contributed by atoms with van der Waals surface area (Å²) in [5, 5.41) is 0. The second-order valence-electron chi connectivity index (χ2n) is 3.46. The van der Waals surface area contributed by atoms with Gasteiger partial charge in [-0.25, -0.2) is 0 Å². The first kappa shape index (κ1) is 15.9. The molecule has 0 saturated carbocycles. The van der Waals surface area contributed by atoms with E-state index in [1.807, 2.05) is 0 Å². The van der Waals surface area contributed by atoms with Crippen LogP contribution in [0.25, 0.3) is 0 Å². The summed E-state index contributed by atoms with van der Waals surface area (Å²) in [5.41, 5.74) is 0. The topological polar surface area (TPSA) is 121 Å². The third-order valence-corrected chi connectivity index (χ3v) is 4.64. The van der Waals surface area contributed by atoms with Crippen LogP contribution in [0.1, 0.15) is 0 Å². The van der Waals surface area contributed by atoms with Crippen LogP contribution in [-0.4, -0.2) is 37.8 Å². The van der Waals surface area contributed by atoms with Crippen LogP contribution < -0.4 is 4.18 Å². The van der Waals surface area contributed by atoms with Crippen molar-refractivity contribution in [2.75, 3.05) is 12.5 Å². The van der Waals surface area contributed by atoms with E-state index in [1.165, 1.54) is 12.1 Å². The van der Waals surface area contributed by atoms with Gasteiger partial charge in [0.2, 0.25) is 0 Å². The SMILES string of the molecule is CS(=O)(=O)Oc1ccccc1S(=O)(=O)OS(C)(=O)=O. The van der Waals surface area contributed by atoms with E-state index in [0.717, 1.165) is 12.1 Å². The van der Waals surface area contributed by atoms with Gasteiger partial charge in [-0.3, -0.25) is 0 Å². The summed E-state index contributed by atoms with van der Waals surface area (Å²) in [6, 6.07) is 4.59. The van der Waals surface area contributed by atoms with Gasteiger partial charge in [0, 0.05) is 0 Å². The molecule has 0 radical (unpaired) electrons. The summed E-state index contributed by atoms with van der Waals surface area (Å²) >= 11 is 0. The summed E-state index contributed by atoms with van der Waals surface area (Å²) in [6.07, 6.45) is 1.26. The van der Waals surface area contributed by atoms with Gasteiger partial charge < -0.3 is 4.18 Å². The highest BCUT2D eigenvalue weighted by Crippen LogP contribution is 2.26. The number of para-hydroxylation sites is 1. The van der Waals surface area contributed by atoms with Crippen LogP contribution in [0.15, 0.2) is 29.2 Å². The Bertz CT molecular complexity index is 773. The number of hydrogen-bond acceptors (Lipinski definition) is 8. The zero-order valence-electron chi connectivity index (χ0n) is 9.80. The van der Waals surface area contributed by atoms with Crippen molar-refractivity contribution in [3.63, 3.8) is 0 Å². The highest BCUT2D eigenvalue weighted by molar-refractivity contribution is 7.99. The van der Waals surface area contributed by atoms with Crippen molar-refractivity contribution in [2.45, 2.75) is 4.90 Å². The molecule has 1 rings (SSSR count). The first-order valence-electron chi connectivity index (χ1n) is 4.55. The van der Waals surface area contributed by atoms with E-state index < -0.39 is 41.0 Å². The largest absolute Gasteiger partial charge is 0.381 e. The molecule has 0 aliphatic rings. The molecule has 108 valence electrons. The van der Waals surface area contributed by atoms with Gasteiger partial charge in [-0.2, -0.15) is 25.3 Å². The summed E-state index contributed by atoms with van der Waals surface area (Å²) in [7, 11) is -13.0. The molecule has 8 nitrogen and oxygen atoms in total. The zero-order chi connectivity index (χ0) is 14.9. The minimum Gasteiger partial charge on any atom is -0.381 e. The predicted molar refractivity (Wildman–Crippen MR) is 65.0 cm³/mol. The lowest BCUT2D eigenvalue weighted by Crippen LogP contribution is -2.15. The molecular weight excluding hydrogens is 320 g/mol. The fourth-order valence-corrected chi connectivity index (χ4v) is 3.81. The molecule has 0 N–H and O–H groups in total. The summed E-state index contributed by atoms with van der Waals surface area (Å²) < 4.78 is 75.4. The van der Waals surface area contributed by atoms with Crippen LogP contribution in [0, 0.1) is 0 Å². The van der Waals surface area contributed by atoms with Crippen LogP contribution in [0.4, 0.5) is 0 Å². The Morgan fingerprint density at radius 1 is 0.842 bits per heavy atom. The number of hydrogen-bond donors (Lipinski definition) is 0. The molecule has 0 bridgehead atoms. The van der Waals surface area contributed by atoms with Gasteiger partial charge in [0.15, 0.2) is 5.75 Å². The van der Waals surface area contributed by atoms with E-state index >= 15 is 0 Å². The molecule has 0 aliphatic carbocycles. The molecule has 0 amide bonds. The summed E-state index contributed by atoms with van der Waals surface area (Å²) in [5.74, 6) is -0.548. The van der Waals surface area contributed by atoms with E-state index in [0.29, 0.717) is 12.5 Å². The molecule has 0 atom stereocenters. The molecule has 1 aromatic rings. The molecule has 0 fully saturated rings. The molecule has 0 spiro atoms. The molecule has 0 aliphatic heterocycles. The van der Waals surface area contributed by atoms with Crippen molar-refractivity contribution < 1.29 is 33.1 Å². The van der Waals surface area contributed by atoms with Crippen molar-refractivity contribution in [1.82, 2.24) is 0 Å². The highest BCUT2D eigenvalue weighted by Gasteiger charge is 2.26.